The smallest absolute Gasteiger partial charge is 0.303 e. The number of carboxylic acids is 1. The lowest BCUT2D eigenvalue weighted by atomic mass is 10.1. The van der Waals surface area contributed by atoms with Gasteiger partial charge in [0.2, 0.25) is 0 Å². The number of hydrogen-bond donors (Lipinski definition) is 1. The van der Waals surface area contributed by atoms with Crippen LogP contribution >= 0.6 is 11.8 Å². The molecule has 132 valence electrons. The van der Waals surface area contributed by atoms with Gasteiger partial charge in [-0.2, -0.15) is 0 Å². The van der Waals surface area contributed by atoms with Crippen LogP contribution in [0.25, 0.3) is 0 Å². The number of pyridine rings is 1. The number of benzene rings is 1. The highest BCUT2D eigenvalue weighted by Crippen LogP contribution is 2.35. The van der Waals surface area contributed by atoms with E-state index in [1.165, 1.54) is 25.7 Å². The molecule has 1 saturated carbocycles. The number of aromatic nitrogens is 1. The van der Waals surface area contributed by atoms with Gasteiger partial charge in [0.15, 0.2) is 0 Å². The van der Waals surface area contributed by atoms with Crippen molar-refractivity contribution in [2.24, 2.45) is 0 Å². The molecule has 25 heavy (non-hydrogen) atoms. The molecule has 0 saturated heterocycles. The van der Waals surface area contributed by atoms with E-state index in [-0.39, 0.29) is 6.42 Å². The molecule has 0 bridgehead atoms. The third-order valence-electron chi connectivity index (χ3n) is 4.38. The van der Waals surface area contributed by atoms with E-state index >= 15 is 0 Å². The summed E-state index contributed by atoms with van der Waals surface area (Å²) in [7, 11) is 0. The monoisotopic (exact) mass is 357 g/mol. The van der Waals surface area contributed by atoms with Crippen molar-refractivity contribution in [1.29, 1.82) is 0 Å². The van der Waals surface area contributed by atoms with Gasteiger partial charge in [0, 0.05) is 23.4 Å². The van der Waals surface area contributed by atoms with Crippen LogP contribution in [0.15, 0.2) is 47.6 Å². The van der Waals surface area contributed by atoms with Crippen molar-refractivity contribution < 1.29 is 14.6 Å². The van der Waals surface area contributed by atoms with Gasteiger partial charge >= 0.3 is 5.97 Å². The molecule has 1 aromatic heterocycles. The largest absolute Gasteiger partial charge is 0.489 e. The van der Waals surface area contributed by atoms with Crippen LogP contribution in [-0.4, -0.2) is 21.3 Å². The average Bonchev–Trinajstić information content (AvgIpc) is 3.13. The summed E-state index contributed by atoms with van der Waals surface area (Å²) in [6.07, 6.45) is 7.74. The van der Waals surface area contributed by atoms with Crippen molar-refractivity contribution in [3.8, 4) is 5.75 Å². The van der Waals surface area contributed by atoms with Crippen LogP contribution in [0.5, 0.6) is 5.75 Å². The molecule has 1 heterocycles. The highest BCUT2D eigenvalue weighted by atomic mass is 32.2. The maximum atomic E-state index is 10.6. The average molecular weight is 357 g/mol. The Kier molecular flexibility index (Phi) is 6.34. The number of hydrogen-bond acceptors (Lipinski definition) is 4. The lowest BCUT2D eigenvalue weighted by Crippen LogP contribution is -2.02. The van der Waals surface area contributed by atoms with Gasteiger partial charge in [0.1, 0.15) is 17.4 Å². The van der Waals surface area contributed by atoms with Gasteiger partial charge in [-0.25, -0.2) is 4.98 Å². The van der Waals surface area contributed by atoms with Gasteiger partial charge < -0.3 is 9.84 Å². The van der Waals surface area contributed by atoms with Gasteiger partial charge in [-0.05, 0) is 43.0 Å². The first-order valence-corrected chi connectivity index (χ1v) is 9.63. The Morgan fingerprint density at radius 3 is 2.68 bits per heavy atom. The minimum Gasteiger partial charge on any atom is -0.489 e. The highest BCUT2D eigenvalue weighted by Gasteiger charge is 2.18. The SMILES string of the molecule is O=C(O)CCc1ccc(OCc2cccnc2SC2CCCC2)cc1. The summed E-state index contributed by atoms with van der Waals surface area (Å²) in [6, 6.07) is 11.7. The third-order valence-corrected chi connectivity index (χ3v) is 5.77. The molecular formula is C20H23NO3S. The van der Waals surface area contributed by atoms with Crippen molar-refractivity contribution in [2.75, 3.05) is 0 Å². The number of ether oxygens (including phenoxy) is 1. The fourth-order valence-corrected chi connectivity index (χ4v) is 4.25. The van der Waals surface area contributed by atoms with Crippen LogP contribution in [0.2, 0.25) is 0 Å². The van der Waals surface area contributed by atoms with Crippen LogP contribution < -0.4 is 4.74 Å². The summed E-state index contributed by atoms with van der Waals surface area (Å²) in [5, 5.41) is 10.5. The Labute approximate surface area is 152 Å². The quantitative estimate of drug-likeness (QED) is 0.741. The van der Waals surface area contributed by atoms with E-state index in [4.69, 9.17) is 9.84 Å². The summed E-state index contributed by atoms with van der Waals surface area (Å²) in [6.45, 7) is 0.497. The van der Waals surface area contributed by atoms with Crippen LogP contribution in [0.3, 0.4) is 0 Å². The molecule has 4 nitrogen and oxygen atoms in total. The van der Waals surface area contributed by atoms with Gasteiger partial charge in [0.05, 0.1) is 0 Å². The van der Waals surface area contributed by atoms with E-state index < -0.39 is 5.97 Å². The number of carboxylic acid groups (broad SMARTS) is 1. The van der Waals surface area contributed by atoms with Gasteiger partial charge in [-0.3, -0.25) is 4.79 Å². The second-order valence-electron chi connectivity index (χ2n) is 6.32. The van der Waals surface area contributed by atoms with Crippen LogP contribution in [-0.2, 0) is 17.8 Å². The lowest BCUT2D eigenvalue weighted by Gasteiger charge is -2.13. The summed E-state index contributed by atoms with van der Waals surface area (Å²) < 4.78 is 5.91. The van der Waals surface area contributed by atoms with Gasteiger partial charge in [0.25, 0.3) is 0 Å². The predicted octanol–water partition coefficient (Wildman–Crippen LogP) is 4.71. The normalized spacial score (nSPS) is 14.6. The molecule has 2 aromatic rings. The van der Waals surface area contributed by atoms with E-state index in [1.807, 2.05) is 48.3 Å². The molecule has 1 aliphatic rings. The molecule has 0 aliphatic heterocycles. The molecule has 0 radical (unpaired) electrons. The van der Waals surface area contributed by atoms with Crippen LogP contribution in [0, 0.1) is 0 Å². The van der Waals surface area contributed by atoms with Gasteiger partial charge in [-0.1, -0.05) is 31.0 Å². The topological polar surface area (TPSA) is 59.4 Å². The molecule has 0 atom stereocenters. The van der Waals surface area contributed by atoms with Crippen molar-refractivity contribution in [3.63, 3.8) is 0 Å². The standard InChI is InChI=1S/C20H23NO3S/c22-19(23)12-9-15-7-10-17(11-8-15)24-14-16-4-3-13-21-20(16)25-18-5-1-2-6-18/h3-4,7-8,10-11,13,18H,1-2,5-6,9,12,14H2,(H,22,23). The fraction of sp³-hybridized carbons (Fsp3) is 0.400. The number of aliphatic carboxylic acids is 1. The molecule has 1 N–H and O–H groups in total. The number of rotatable bonds is 8. The number of carbonyl (C=O) groups is 1. The summed E-state index contributed by atoms with van der Waals surface area (Å²) in [4.78, 5) is 15.2. The van der Waals surface area contributed by atoms with Crippen LogP contribution in [0.1, 0.15) is 43.2 Å². The third kappa shape index (κ3) is 5.49. The zero-order chi connectivity index (χ0) is 17.5. The summed E-state index contributed by atoms with van der Waals surface area (Å²) in [5.41, 5.74) is 2.13. The molecular weight excluding hydrogens is 334 g/mol. The molecule has 3 rings (SSSR count). The number of thioether (sulfide) groups is 1. The lowest BCUT2D eigenvalue weighted by molar-refractivity contribution is -0.136. The first-order chi connectivity index (χ1) is 12.2. The van der Waals surface area contributed by atoms with Crippen molar-refractivity contribution >= 4 is 17.7 Å². The molecule has 5 heteroatoms. The fourth-order valence-electron chi connectivity index (χ4n) is 2.97. The summed E-state index contributed by atoms with van der Waals surface area (Å²) >= 11 is 1.88. The molecule has 1 aromatic carbocycles. The van der Waals surface area contributed by atoms with Crippen molar-refractivity contribution in [2.45, 2.75) is 55.4 Å². The Morgan fingerprint density at radius 1 is 1.20 bits per heavy atom. The summed E-state index contributed by atoms with van der Waals surface area (Å²) in [5.74, 6) is 0.0175. The first-order valence-electron chi connectivity index (χ1n) is 8.75. The first kappa shape index (κ1) is 17.8. The molecule has 1 fully saturated rings. The zero-order valence-corrected chi connectivity index (χ0v) is 15.0. The van der Waals surface area contributed by atoms with E-state index in [2.05, 4.69) is 11.1 Å². The van der Waals surface area contributed by atoms with Crippen LogP contribution in [0.4, 0.5) is 0 Å². The van der Waals surface area contributed by atoms with Crippen molar-refractivity contribution in [3.05, 3.63) is 53.7 Å². The predicted molar refractivity (Wildman–Crippen MR) is 99.1 cm³/mol. The van der Waals surface area contributed by atoms with E-state index in [0.29, 0.717) is 18.3 Å². The number of nitrogens with zero attached hydrogens (tertiary/aromatic N) is 1. The number of aryl methyl sites for hydroxylation is 1. The molecule has 0 spiro atoms. The van der Waals surface area contributed by atoms with E-state index in [1.54, 1.807) is 0 Å². The Balaban J connectivity index is 1.57. The maximum absolute atomic E-state index is 10.6. The highest BCUT2D eigenvalue weighted by molar-refractivity contribution is 7.99. The second-order valence-corrected chi connectivity index (χ2v) is 7.61. The van der Waals surface area contributed by atoms with Crippen molar-refractivity contribution in [1.82, 2.24) is 4.98 Å². The maximum Gasteiger partial charge on any atom is 0.303 e. The molecule has 0 unspecified atom stereocenters. The van der Waals surface area contributed by atoms with Gasteiger partial charge in [-0.15, -0.1) is 11.8 Å². The Hall–Kier alpha value is -2.01. The van der Waals surface area contributed by atoms with E-state index in [0.717, 1.165) is 21.9 Å². The Morgan fingerprint density at radius 2 is 1.96 bits per heavy atom. The molecule has 1 aliphatic carbocycles. The zero-order valence-electron chi connectivity index (χ0n) is 14.2. The second kappa shape index (κ2) is 8.90. The minimum atomic E-state index is -0.774. The van der Waals surface area contributed by atoms with E-state index in [9.17, 15) is 4.79 Å². The minimum absolute atomic E-state index is 0.150. The molecule has 0 amide bonds. The Bertz CT molecular complexity index is 696.